The van der Waals surface area contributed by atoms with E-state index >= 15 is 0 Å². The minimum Gasteiger partial charge on any atom is -0.611 e. The lowest BCUT2D eigenvalue weighted by atomic mass is 10.2. The zero-order valence-corrected chi connectivity index (χ0v) is 9.01. The minimum atomic E-state index is -0.804. The van der Waals surface area contributed by atoms with Crippen LogP contribution in [0.15, 0.2) is 35.2 Å². The summed E-state index contributed by atoms with van der Waals surface area (Å²) in [5.41, 5.74) is 0. The zero-order chi connectivity index (χ0) is 9.68. The van der Waals surface area contributed by atoms with Crippen LogP contribution in [0, 0.1) is 5.92 Å². The van der Waals surface area contributed by atoms with Crippen LogP contribution in [-0.2, 0) is 11.2 Å². The van der Waals surface area contributed by atoms with Crippen molar-refractivity contribution in [2.45, 2.75) is 25.2 Å². The van der Waals surface area contributed by atoms with Gasteiger partial charge in [0.15, 0.2) is 4.90 Å². The molecule has 0 aliphatic carbocycles. The molecule has 0 aliphatic rings. The molecule has 1 nitrogen and oxygen atoms in total. The Balaban J connectivity index is 2.44. The van der Waals surface area contributed by atoms with Gasteiger partial charge >= 0.3 is 0 Å². The molecule has 0 spiro atoms. The molecule has 1 aromatic rings. The van der Waals surface area contributed by atoms with Gasteiger partial charge in [0.25, 0.3) is 0 Å². The minimum absolute atomic E-state index is 0.632. The summed E-state index contributed by atoms with van der Waals surface area (Å²) in [6, 6.07) is 9.67. The van der Waals surface area contributed by atoms with E-state index in [1.807, 2.05) is 30.3 Å². The summed E-state index contributed by atoms with van der Waals surface area (Å²) in [5, 5.41) is 0. The first-order valence-electron chi connectivity index (χ1n) is 4.63. The Kier molecular flexibility index (Phi) is 4.33. The zero-order valence-electron chi connectivity index (χ0n) is 8.19. The Morgan fingerprint density at radius 2 is 1.85 bits per heavy atom. The second-order valence-electron chi connectivity index (χ2n) is 3.55. The first-order chi connectivity index (χ1) is 6.20. The predicted octanol–water partition coefficient (Wildman–Crippen LogP) is 2.84. The third-order valence-electron chi connectivity index (χ3n) is 1.89. The van der Waals surface area contributed by atoms with E-state index in [4.69, 9.17) is 0 Å². The molecule has 2 heteroatoms. The van der Waals surface area contributed by atoms with Gasteiger partial charge in [0.1, 0.15) is 5.75 Å². The number of benzene rings is 1. The normalized spacial score (nSPS) is 13.2. The molecule has 0 saturated heterocycles. The van der Waals surface area contributed by atoms with E-state index in [0.717, 1.165) is 17.1 Å². The highest BCUT2D eigenvalue weighted by Gasteiger charge is 2.09. The Morgan fingerprint density at radius 3 is 2.38 bits per heavy atom. The van der Waals surface area contributed by atoms with Crippen molar-refractivity contribution in [3.8, 4) is 0 Å². The molecule has 72 valence electrons. The largest absolute Gasteiger partial charge is 0.611 e. The van der Waals surface area contributed by atoms with Crippen LogP contribution in [0.4, 0.5) is 0 Å². The highest BCUT2D eigenvalue weighted by Crippen LogP contribution is 2.13. The smallest absolute Gasteiger partial charge is 0.152 e. The summed E-state index contributed by atoms with van der Waals surface area (Å²) in [7, 11) is 0. The molecule has 1 unspecified atom stereocenters. The summed E-state index contributed by atoms with van der Waals surface area (Å²) in [6.45, 7) is 4.31. The van der Waals surface area contributed by atoms with E-state index in [2.05, 4.69) is 13.8 Å². The van der Waals surface area contributed by atoms with Crippen molar-refractivity contribution in [2.75, 3.05) is 5.75 Å². The summed E-state index contributed by atoms with van der Waals surface area (Å²) < 4.78 is 11.7. The number of hydrogen-bond donors (Lipinski definition) is 0. The van der Waals surface area contributed by atoms with Gasteiger partial charge in [0, 0.05) is 0 Å². The molecule has 0 aliphatic heterocycles. The van der Waals surface area contributed by atoms with Gasteiger partial charge in [-0.25, -0.2) is 0 Å². The molecule has 0 aromatic heterocycles. The van der Waals surface area contributed by atoms with Gasteiger partial charge in [-0.15, -0.1) is 0 Å². The summed E-state index contributed by atoms with van der Waals surface area (Å²) in [4.78, 5) is 0.947. The molecule has 0 fully saturated rings. The Labute approximate surface area is 83.4 Å². The highest BCUT2D eigenvalue weighted by atomic mass is 32.2. The van der Waals surface area contributed by atoms with Crippen LogP contribution in [-0.4, -0.2) is 10.3 Å². The molecule has 1 atom stereocenters. The lowest BCUT2D eigenvalue weighted by Gasteiger charge is -2.11. The second kappa shape index (κ2) is 5.30. The summed E-state index contributed by atoms with van der Waals surface area (Å²) in [5.74, 6) is 1.41. The maximum absolute atomic E-state index is 11.7. The fourth-order valence-electron chi connectivity index (χ4n) is 1.03. The third-order valence-corrected chi connectivity index (χ3v) is 3.29. The highest BCUT2D eigenvalue weighted by molar-refractivity contribution is 7.91. The standard InChI is InChI=1S/C11H16OS/c1-10(2)8-9-13(12)11-6-4-3-5-7-11/h3-7,10H,8-9H2,1-2H3. The fourth-order valence-corrected chi connectivity index (χ4v) is 2.41. The van der Waals surface area contributed by atoms with Crippen LogP contribution >= 0.6 is 0 Å². The quantitative estimate of drug-likeness (QED) is 0.679. The molecule has 0 radical (unpaired) electrons. The topological polar surface area (TPSA) is 23.1 Å². The van der Waals surface area contributed by atoms with Crippen LogP contribution < -0.4 is 0 Å². The summed E-state index contributed by atoms with van der Waals surface area (Å²) in [6.07, 6.45) is 1.03. The van der Waals surface area contributed by atoms with Gasteiger partial charge in [-0.1, -0.05) is 32.0 Å². The number of rotatable bonds is 4. The first kappa shape index (κ1) is 10.6. The lowest BCUT2D eigenvalue weighted by Crippen LogP contribution is -2.08. The Morgan fingerprint density at radius 1 is 1.23 bits per heavy atom. The van der Waals surface area contributed by atoms with E-state index in [1.165, 1.54) is 0 Å². The van der Waals surface area contributed by atoms with Crippen molar-refractivity contribution in [3.63, 3.8) is 0 Å². The van der Waals surface area contributed by atoms with E-state index in [-0.39, 0.29) is 0 Å². The molecule has 0 saturated carbocycles. The molecule has 1 rings (SSSR count). The summed E-state index contributed by atoms with van der Waals surface area (Å²) >= 11 is -0.804. The molecule has 1 aromatic carbocycles. The van der Waals surface area contributed by atoms with Crippen molar-refractivity contribution in [2.24, 2.45) is 5.92 Å². The van der Waals surface area contributed by atoms with Gasteiger partial charge < -0.3 is 4.55 Å². The molecule has 0 heterocycles. The van der Waals surface area contributed by atoms with Crippen LogP contribution in [0.5, 0.6) is 0 Å². The Bertz CT molecular complexity index is 233. The first-order valence-corrected chi connectivity index (χ1v) is 5.95. The van der Waals surface area contributed by atoms with Gasteiger partial charge in [-0.3, -0.25) is 0 Å². The maximum atomic E-state index is 11.7. The number of hydrogen-bond acceptors (Lipinski definition) is 1. The monoisotopic (exact) mass is 196 g/mol. The molecular formula is C11H16OS. The van der Waals surface area contributed by atoms with E-state index < -0.39 is 11.2 Å². The predicted molar refractivity (Wildman–Crippen MR) is 57.2 cm³/mol. The van der Waals surface area contributed by atoms with Crippen molar-refractivity contribution < 1.29 is 4.55 Å². The van der Waals surface area contributed by atoms with Crippen LogP contribution in [0.25, 0.3) is 0 Å². The SMILES string of the molecule is CC(C)CC[S+]([O-])c1ccccc1. The van der Waals surface area contributed by atoms with E-state index in [9.17, 15) is 4.55 Å². The lowest BCUT2D eigenvalue weighted by molar-refractivity contribution is 0.573. The van der Waals surface area contributed by atoms with Gasteiger partial charge in [0.05, 0.1) is 0 Å². The maximum Gasteiger partial charge on any atom is 0.152 e. The van der Waals surface area contributed by atoms with Crippen LogP contribution in [0.1, 0.15) is 20.3 Å². The molecular weight excluding hydrogens is 180 g/mol. The van der Waals surface area contributed by atoms with Gasteiger partial charge in [-0.2, -0.15) is 0 Å². The van der Waals surface area contributed by atoms with Crippen molar-refractivity contribution in [3.05, 3.63) is 30.3 Å². The van der Waals surface area contributed by atoms with Crippen molar-refractivity contribution in [1.82, 2.24) is 0 Å². The van der Waals surface area contributed by atoms with E-state index in [1.54, 1.807) is 0 Å². The van der Waals surface area contributed by atoms with Crippen LogP contribution in [0.2, 0.25) is 0 Å². The molecule has 0 N–H and O–H groups in total. The van der Waals surface area contributed by atoms with Crippen LogP contribution in [0.3, 0.4) is 0 Å². The molecule has 0 amide bonds. The molecule has 13 heavy (non-hydrogen) atoms. The Hall–Kier alpha value is -0.470. The van der Waals surface area contributed by atoms with Gasteiger partial charge in [0.2, 0.25) is 0 Å². The van der Waals surface area contributed by atoms with Crippen molar-refractivity contribution >= 4 is 11.2 Å². The van der Waals surface area contributed by atoms with Crippen molar-refractivity contribution in [1.29, 1.82) is 0 Å². The average molecular weight is 196 g/mol. The second-order valence-corrected chi connectivity index (χ2v) is 5.12. The van der Waals surface area contributed by atoms with E-state index in [0.29, 0.717) is 5.92 Å². The average Bonchev–Trinajstić information content (AvgIpc) is 2.15. The van der Waals surface area contributed by atoms with Gasteiger partial charge in [-0.05, 0) is 35.6 Å². The molecule has 0 bridgehead atoms. The third kappa shape index (κ3) is 3.83. The fraction of sp³-hybridized carbons (Fsp3) is 0.455.